The first-order valence-electron chi connectivity index (χ1n) is 13.0. The second-order valence-electron chi connectivity index (χ2n) is 9.75. The molecule has 0 aliphatic carbocycles. The Morgan fingerprint density at radius 2 is 2.00 bits per heavy atom. The molecular weight excluding hydrogens is 485 g/mol. The molecule has 1 fully saturated rings. The fraction of sp³-hybridized carbons (Fsp3) is 0.321. The highest BCUT2D eigenvalue weighted by molar-refractivity contribution is 5.95. The lowest BCUT2D eigenvalue weighted by molar-refractivity contribution is 0.205. The maximum absolute atomic E-state index is 15.6. The predicted molar refractivity (Wildman–Crippen MR) is 144 cm³/mol. The number of H-pyrrole nitrogens is 2. The number of nitrogens with one attached hydrogen (secondary N) is 3. The normalized spacial score (nSPS) is 16.3. The molecule has 2 aromatic carbocycles. The summed E-state index contributed by atoms with van der Waals surface area (Å²) in [6.45, 7) is 6.77. The number of halogens is 1. The number of aryl methyl sites for hydroxylation is 1. The fourth-order valence-corrected chi connectivity index (χ4v) is 5.32. The Morgan fingerprint density at radius 3 is 2.76 bits per heavy atom. The molecule has 1 saturated heterocycles. The van der Waals surface area contributed by atoms with Gasteiger partial charge in [0, 0.05) is 56.4 Å². The van der Waals surface area contributed by atoms with Crippen LogP contribution in [0.1, 0.15) is 24.6 Å². The SMILES string of the molecule is CCc1cc(O)ccc1-c1ccc2c(-c3nc(C4=CCN(CCN5CCNC5=O)CC4)c[nH]3)n[nH]c2c1F. The Morgan fingerprint density at radius 1 is 1.13 bits per heavy atom. The topological polar surface area (TPSA) is 113 Å². The highest BCUT2D eigenvalue weighted by Crippen LogP contribution is 2.35. The first-order chi connectivity index (χ1) is 18.5. The van der Waals surface area contributed by atoms with Crippen LogP contribution in [0.5, 0.6) is 5.75 Å². The second-order valence-corrected chi connectivity index (χ2v) is 9.75. The van der Waals surface area contributed by atoms with Crippen LogP contribution in [0.2, 0.25) is 0 Å². The number of hydrogen-bond acceptors (Lipinski definition) is 5. The van der Waals surface area contributed by atoms with Crippen molar-refractivity contribution in [2.75, 3.05) is 39.3 Å². The highest BCUT2D eigenvalue weighted by atomic mass is 19.1. The third-order valence-electron chi connectivity index (χ3n) is 7.49. The summed E-state index contributed by atoms with van der Waals surface area (Å²) < 4.78 is 15.6. The van der Waals surface area contributed by atoms with E-state index in [1.165, 1.54) is 0 Å². The van der Waals surface area contributed by atoms with Crippen molar-refractivity contribution in [3.05, 3.63) is 59.7 Å². The summed E-state index contributed by atoms with van der Waals surface area (Å²) in [6, 6.07) is 8.64. The van der Waals surface area contributed by atoms with Crippen LogP contribution >= 0.6 is 0 Å². The number of carbonyl (C=O) groups excluding carboxylic acids is 1. The Labute approximate surface area is 219 Å². The van der Waals surface area contributed by atoms with Gasteiger partial charge in [0.15, 0.2) is 11.6 Å². The van der Waals surface area contributed by atoms with Gasteiger partial charge in [-0.1, -0.05) is 25.1 Å². The number of phenols is 1. The van der Waals surface area contributed by atoms with Gasteiger partial charge in [-0.2, -0.15) is 5.10 Å². The average Bonchev–Trinajstić information content (AvgIpc) is 3.68. The number of rotatable bonds is 7. The second kappa shape index (κ2) is 9.94. The number of aromatic hydroxyl groups is 1. The number of imidazole rings is 1. The van der Waals surface area contributed by atoms with Crippen LogP contribution in [0.3, 0.4) is 0 Å². The van der Waals surface area contributed by atoms with Gasteiger partial charge in [-0.25, -0.2) is 14.2 Å². The third kappa shape index (κ3) is 4.41. The third-order valence-corrected chi connectivity index (χ3v) is 7.49. The quantitative estimate of drug-likeness (QED) is 0.296. The van der Waals surface area contributed by atoms with E-state index in [2.05, 4.69) is 31.5 Å². The van der Waals surface area contributed by atoms with E-state index < -0.39 is 0 Å². The van der Waals surface area contributed by atoms with E-state index in [1.807, 2.05) is 24.1 Å². The fourth-order valence-electron chi connectivity index (χ4n) is 5.32. The summed E-state index contributed by atoms with van der Waals surface area (Å²) in [4.78, 5) is 23.9. The van der Waals surface area contributed by atoms with E-state index in [9.17, 15) is 9.90 Å². The number of fused-ring (bicyclic) bond motifs is 1. The van der Waals surface area contributed by atoms with Gasteiger partial charge in [-0.3, -0.25) is 10.00 Å². The molecule has 0 radical (unpaired) electrons. The van der Waals surface area contributed by atoms with Crippen LogP contribution in [0.15, 0.2) is 42.6 Å². The van der Waals surface area contributed by atoms with Crippen molar-refractivity contribution in [3.63, 3.8) is 0 Å². The molecule has 9 nitrogen and oxygen atoms in total. The number of phenolic OH excluding ortho intramolecular Hbond substituents is 1. The molecule has 0 bridgehead atoms. The molecular formula is C28H30FN7O2. The summed E-state index contributed by atoms with van der Waals surface area (Å²) in [5.74, 6) is 0.372. The van der Waals surface area contributed by atoms with E-state index in [0.29, 0.717) is 34.4 Å². The standard InChI is InChI=1S/C28H30FN7O2/c1-2-17-15-19(37)3-4-20(17)21-5-6-22-25(24(21)29)33-34-26(22)27-31-16-23(32-27)18-7-10-35(11-8-18)13-14-36-12-9-30-28(36)38/h3-7,15-16,37H,2,8-14H2,1H3,(H,30,38)(H,31,32)(H,33,34). The maximum atomic E-state index is 15.6. The van der Waals surface area contributed by atoms with Crippen molar-refractivity contribution in [2.24, 2.45) is 0 Å². The van der Waals surface area contributed by atoms with Gasteiger partial charge in [0.05, 0.1) is 5.69 Å². The Hall–Kier alpha value is -4.18. The molecule has 4 aromatic rings. The smallest absolute Gasteiger partial charge is 0.317 e. The number of aromatic nitrogens is 4. The zero-order valence-electron chi connectivity index (χ0n) is 21.2. The Kier molecular flexibility index (Phi) is 6.32. The zero-order valence-corrected chi connectivity index (χ0v) is 21.2. The van der Waals surface area contributed by atoms with Crippen molar-refractivity contribution < 1.29 is 14.3 Å². The van der Waals surface area contributed by atoms with Crippen LogP contribution in [0, 0.1) is 5.82 Å². The number of aromatic amines is 2. The molecule has 0 saturated carbocycles. The van der Waals surface area contributed by atoms with Crippen LogP contribution in [-0.4, -0.2) is 80.4 Å². The number of hydrogen-bond donors (Lipinski definition) is 4. The maximum Gasteiger partial charge on any atom is 0.317 e. The molecule has 6 rings (SSSR count). The van der Waals surface area contributed by atoms with Gasteiger partial charge in [-0.15, -0.1) is 0 Å². The molecule has 196 valence electrons. The summed E-state index contributed by atoms with van der Waals surface area (Å²) >= 11 is 0. The number of urea groups is 1. The van der Waals surface area contributed by atoms with Gasteiger partial charge in [0.25, 0.3) is 0 Å². The van der Waals surface area contributed by atoms with Crippen molar-refractivity contribution in [1.82, 2.24) is 35.3 Å². The lowest BCUT2D eigenvalue weighted by atomic mass is 9.96. The van der Waals surface area contributed by atoms with E-state index in [0.717, 1.165) is 68.1 Å². The molecule has 0 unspecified atom stereocenters. The summed E-state index contributed by atoms with van der Waals surface area (Å²) in [6.07, 6.45) is 5.60. The first kappa shape index (κ1) is 24.2. The molecule has 4 heterocycles. The Bertz CT molecular complexity index is 1540. The van der Waals surface area contributed by atoms with Gasteiger partial charge in [-0.05, 0) is 47.7 Å². The molecule has 0 atom stereocenters. The molecule has 4 N–H and O–H groups in total. The molecule has 2 amide bonds. The minimum absolute atomic E-state index is 0.0235. The largest absolute Gasteiger partial charge is 0.508 e. The average molecular weight is 516 g/mol. The number of benzene rings is 2. The van der Waals surface area contributed by atoms with Crippen molar-refractivity contribution in [2.45, 2.75) is 19.8 Å². The van der Waals surface area contributed by atoms with Crippen LogP contribution in [0.25, 0.3) is 39.1 Å². The van der Waals surface area contributed by atoms with Crippen molar-refractivity contribution >= 4 is 22.5 Å². The minimum atomic E-state index is -0.380. The first-order valence-corrected chi connectivity index (χ1v) is 13.0. The van der Waals surface area contributed by atoms with E-state index in [1.54, 1.807) is 24.3 Å². The number of nitrogens with zero attached hydrogens (tertiary/aromatic N) is 4. The van der Waals surface area contributed by atoms with Gasteiger partial charge >= 0.3 is 6.03 Å². The monoisotopic (exact) mass is 515 g/mol. The Balaban J connectivity index is 1.20. The summed E-state index contributed by atoms with van der Waals surface area (Å²) in [5.41, 5.74) is 5.01. The van der Waals surface area contributed by atoms with E-state index in [4.69, 9.17) is 4.98 Å². The van der Waals surface area contributed by atoms with Crippen LogP contribution in [0.4, 0.5) is 9.18 Å². The molecule has 10 heteroatoms. The minimum Gasteiger partial charge on any atom is -0.508 e. The number of carbonyl (C=O) groups is 1. The van der Waals surface area contributed by atoms with Gasteiger partial charge in [0.1, 0.15) is 17.0 Å². The molecule has 38 heavy (non-hydrogen) atoms. The zero-order chi connectivity index (χ0) is 26.2. The number of amides is 2. The lowest BCUT2D eigenvalue weighted by Crippen LogP contribution is -2.38. The molecule has 0 spiro atoms. The highest BCUT2D eigenvalue weighted by Gasteiger charge is 2.22. The predicted octanol–water partition coefficient (Wildman–Crippen LogP) is 4.14. The van der Waals surface area contributed by atoms with Gasteiger partial charge in [0.2, 0.25) is 0 Å². The molecule has 2 aliphatic rings. The van der Waals surface area contributed by atoms with Crippen LogP contribution in [-0.2, 0) is 6.42 Å². The lowest BCUT2D eigenvalue weighted by Gasteiger charge is -2.27. The summed E-state index contributed by atoms with van der Waals surface area (Å²) in [5, 5.41) is 20.6. The van der Waals surface area contributed by atoms with Gasteiger partial charge < -0.3 is 20.3 Å². The molecule has 2 aromatic heterocycles. The summed E-state index contributed by atoms with van der Waals surface area (Å²) in [7, 11) is 0. The van der Waals surface area contributed by atoms with Crippen molar-refractivity contribution in [1.29, 1.82) is 0 Å². The van der Waals surface area contributed by atoms with Crippen molar-refractivity contribution in [3.8, 4) is 28.4 Å². The molecule has 2 aliphatic heterocycles. The van der Waals surface area contributed by atoms with E-state index in [-0.39, 0.29) is 17.6 Å². The van der Waals surface area contributed by atoms with E-state index >= 15 is 4.39 Å². The van der Waals surface area contributed by atoms with Crippen LogP contribution < -0.4 is 5.32 Å².